The van der Waals surface area contributed by atoms with Crippen LogP contribution < -0.4 is 10.3 Å². The largest absolute Gasteiger partial charge is 0.472 e. The Morgan fingerprint density at radius 1 is 1.00 bits per heavy atom. The fourth-order valence-electron chi connectivity index (χ4n) is 3.41. The lowest BCUT2D eigenvalue weighted by atomic mass is 10.0. The summed E-state index contributed by atoms with van der Waals surface area (Å²) < 4.78 is 35.6. The predicted molar refractivity (Wildman–Crippen MR) is 118 cm³/mol. The average Bonchev–Trinajstić information content (AvgIpc) is 3.22. The van der Waals surface area contributed by atoms with Crippen molar-refractivity contribution < 1.29 is 32.4 Å². The topological polar surface area (TPSA) is 123 Å². The zero-order valence-corrected chi connectivity index (χ0v) is 18.4. The van der Waals surface area contributed by atoms with Gasteiger partial charge in [0.25, 0.3) is 5.82 Å². The SMILES string of the molecule is Nc1c(-c2cc(Cc3ccc(Cc4cccc(F)c4)cc3)no2)ccc[n+]1COP(=O)(O)O. The summed E-state index contributed by atoms with van der Waals surface area (Å²) in [5.74, 6) is 0.399. The summed E-state index contributed by atoms with van der Waals surface area (Å²) in [6, 6.07) is 19.7. The highest BCUT2D eigenvalue weighted by Gasteiger charge is 2.20. The first-order chi connectivity index (χ1) is 15.8. The molecule has 33 heavy (non-hydrogen) atoms. The first-order valence-corrected chi connectivity index (χ1v) is 11.6. The molecule has 2 heterocycles. The van der Waals surface area contributed by atoms with Gasteiger partial charge in [-0.1, -0.05) is 41.6 Å². The number of phosphoric acid groups is 1. The molecule has 4 aromatic rings. The minimum Gasteiger partial charge on any atom is -0.356 e. The quantitative estimate of drug-likeness (QED) is 0.266. The number of nitrogens with two attached hydrogens (primary N) is 1. The molecule has 0 aliphatic heterocycles. The number of halogens is 1. The standard InChI is InChI=1S/C23H21FN3O5P/c24-19-4-1-3-18(12-19)11-16-6-8-17(9-7-16)13-20-14-22(32-26-20)21-5-2-10-27(23(21)25)15-31-33(28,29)30/h1-10,12,14,25H,11,13,15H2,(H2,28,29,30)/p+1. The molecule has 0 amide bonds. The Morgan fingerprint density at radius 2 is 1.73 bits per heavy atom. The molecule has 8 nitrogen and oxygen atoms in total. The lowest BCUT2D eigenvalue weighted by Gasteiger charge is -2.07. The van der Waals surface area contributed by atoms with Gasteiger partial charge in [-0.05, 0) is 47.4 Å². The molecule has 0 fully saturated rings. The molecule has 4 N–H and O–H groups in total. The maximum atomic E-state index is 13.4. The molecule has 170 valence electrons. The van der Waals surface area contributed by atoms with E-state index < -0.39 is 14.6 Å². The monoisotopic (exact) mass is 470 g/mol. The first-order valence-electron chi connectivity index (χ1n) is 10.0. The van der Waals surface area contributed by atoms with Crippen LogP contribution in [0.1, 0.15) is 22.4 Å². The normalized spacial score (nSPS) is 11.6. The number of hydrogen-bond donors (Lipinski definition) is 3. The van der Waals surface area contributed by atoms with Crippen LogP contribution in [-0.2, 0) is 28.7 Å². The highest BCUT2D eigenvalue weighted by Crippen LogP contribution is 2.35. The van der Waals surface area contributed by atoms with E-state index >= 15 is 0 Å². The second-order valence-corrected chi connectivity index (χ2v) is 8.75. The maximum absolute atomic E-state index is 13.4. The Hall–Kier alpha value is -3.36. The predicted octanol–water partition coefficient (Wildman–Crippen LogP) is 3.60. The fourth-order valence-corrected chi connectivity index (χ4v) is 3.69. The second kappa shape index (κ2) is 9.64. The molecule has 0 atom stereocenters. The van der Waals surface area contributed by atoms with E-state index in [0.717, 1.165) is 16.7 Å². The summed E-state index contributed by atoms with van der Waals surface area (Å²) in [5.41, 5.74) is 10.4. The van der Waals surface area contributed by atoms with Gasteiger partial charge in [-0.25, -0.2) is 18.0 Å². The Bertz CT molecular complexity index is 1300. The molecule has 0 spiro atoms. The molecule has 0 bridgehead atoms. The highest BCUT2D eigenvalue weighted by atomic mass is 31.2. The van der Waals surface area contributed by atoms with Crippen LogP contribution in [0.5, 0.6) is 0 Å². The maximum Gasteiger partial charge on any atom is 0.472 e. The van der Waals surface area contributed by atoms with E-state index in [4.69, 9.17) is 20.0 Å². The van der Waals surface area contributed by atoms with E-state index in [1.807, 2.05) is 30.3 Å². The molecular formula is C23H22FN3O5P+. The van der Waals surface area contributed by atoms with Gasteiger partial charge in [-0.2, -0.15) is 0 Å². The van der Waals surface area contributed by atoms with E-state index in [1.54, 1.807) is 24.3 Å². The molecule has 0 aliphatic carbocycles. The summed E-state index contributed by atoms with van der Waals surface area (Å²) in [6.45, 7) is -0.410. The molecule has 0 radical (unpaired) electrons. The zero-order chi connectivity index (χ0) is 23.4. The summed E-state index contributed by atoms with van der Waals surface area (Å²) in [5, 5.41) is 4.11. The van der Waals surface area contributed by atoms with Gasteiger partial charge in [0.1, 0.15) is 11.4 Å². The van der Waals surface area contributed by atoms with Gasteiger partial charge in [0.15, 0.2) is 5.76 Å². The van der Waals surface area contributed by atoms with Crippen LogP contribution in [-0.4, -0.2) is 14.9 Å². The van der Waals surface area contributed by atoms with Gasteiger partial charge in [-0.15, -0.1) is 0 Å². The summed E-state index contributed by atoms with van der Waals surface area (Å²) >= 11 is 0. The van der Waals surface area contributed by atoms with Crippen molar-refractivity contribution in [3.05, 3.63) is 101 Å². The van der Waals surface area contributed by atoms with Gasteiger partial charge in [0, 0.05) is 12.5 Å². The fraction of sp³-hybridized carbons (Fsp3) is 0.130. The van der Waals surface area contributed by atoms with Crippen LogP contribution in [0.25, 0.3) is 11.3 Å². The number of hydrogen-bond acceptors (Lipinski definition) is 5. The van der Waals surface area contributed by atoms with Crippen molar-refractivity contribution in [1.29, 1.82) is 0 Å². The van der Waals surface area contributed by atoms with Crippen LogP contribution >= 0.6 is 7.82 Å². The van der Waals surface area contributed by atoms with Gasteiger partial charge >= 0.3 is 7.82 Å². The number of benzene rings is 2. The van der Waals surface area contributed by atoms with E-state index in [-0.39, 0.29) is 11.6 Å². The number of pyridine rings is 1. The summed E-state index contributed by atoms with van der Waals surface area (Å²) in [4.78, 5) is 17.8. The third kappa shape index (κ3) is 6.12. The molecular weight excluding hydrogens is 448 g/mol. The number of rotatable bonds is 8. The minimum atomic E-state index is -4.63. The van der Waals surface area contributed by atoms with Crippen molar-refractivity contribution >= 4 is 13.6 Å². The molecule has 0 saturated heterocycles. The Morgan fingerprint density at radius 3 is 2.42 bits per heavy atom. The lowest BCUT2D eigenvalue weighted by molar-refractivity contribution is -0.711. The van der Waals surface area contributed by atoms with E-state index in [0.29, 0.717) is 29.9 Å². The molecule has 0 aliphatic rings. The van der Waals surface area contributed by atoms with Gasteiger partial charge in [-0.3, -0.25) is 5.73 Å². The van der Waals surface area contributed by atoms with Crippen LogP contribution in [0.2, 0.25) is 0 Å². The van der Waals surface area contributed by atoms with Crippen molar-refractivity contribution in [1.82, 2.24) is 5.16 Å². The van der Waals surface area contributed by atoms with Crippen molar-refractivity contribution in [2.24, 2.45) is 0 Å². The van der Waals surface area contributed by atoms with Crippen molar-refractivity contribution in [2.45, 2.75) is 19.6 Å². The molecule has 10 heteroatoms. The van der Waals surface area contributed by atoms with E-state index in [1.165, 1.54) is 22.9 Å². The Balaban J connectivity index is 1.44. The molecule has 0 saturated carbocycles. The number of anilines is 1. The van der Waals surface area contributed by atoms with Crippen LogP contribution in [0.3, 0.4) is 0 Å². The lowest BCUT2D eigenvalue weighted by Crippen LogP contribution is -2.38. The average molecular weight is 470 g/mol. The van der Waals surface area contributed by atoms with Crippen LogP contribution in [0, 0.1) is 5.82 Å². The van der Waals surface area contributed by atoms with Crippen LogP contribution in [0.15, 0.2) is 77.4 Å². The van der Waals surface area contributed by atoms with Crippen molar-refractivity contribution in [3.8, 4) is 11.3 Å². The van der Waals surface area contributed by atoms with Gasteiger partial charge in [0.05, 0.1) is 11.9 Å². The Kier molecular flexibility index (Phi) is 6.67. The van der Waals surface area contributed by atoms with E-state index in [2.05, 4.69) is 9.68 Å². The first kappa shape index (κ1) is 22.8. The number of phosphoric ester groups is 1. The smallest absolute Gasteiger partial charge is 0.356 e. The third-order valence-corrected chi connectivity index (χ3v) is 5.46. The third-order valence-electron chi connectivity index (χ3n) is 5.01. The Labute approximate surface area is 189 Å². The zero-order valence-electron chi connectivity index (χ0n) is 17.5. The number of nitrogen functional groups attached to an aromatic ring is 1. The van der Waals surface area contributed by atoms with Crippen LogP contribution in [0.4, 0.5) is 10.2 Å². The number of aromatic nitrogens is 2. The summed E-state index contributed by atoms with van der Waals surface area (Å²) in [6.07, 6.45) is 2.72. The molecule has 2 aromatic carbocycles. The number of nitrogens with zero attached hydrogens (tertiary/aromatic N) is 2. The van der Waals surface area contributed by atoms with Crippen molar-refractivity contribution in [2.75, 3.05) is 5.73 Å². The van der Waals surface area contributed by atoms with E-state index in [9.17, 15) is 8.96 Å². The van der Waals surface area contributed by atoms with Gasteiger partial charge < -0.3 is 14.3 Å². The highest BCUT2D eigenvalue weighted by molar-refractivity contribution is 7.46. The summed E-state index contributed by atoms with van der Waals surface area (Å²) in [7, 11) is -4.63. The van der Waals surface area contributed by atoms with Gasteiger partial charge in [0.2, 0.25) is 6.73 Å². The van der Waals surface area contributed by atoms with Crippen molar-refractivity contribution in [3.63, 3.8) is 0 Å². The molecule has 2 aromatic heterocycles. The second-order valence-electron chi connectivity index (χ2n) is 7.51. The minimum absolute atomic E-state index is 0.218. The molecule has 0 unspecified atom stereocenters. The molecule has 4 rings (SSSR count).